The molecule has 2 bridgehead atoms. The molecule has 0 saturated carbocycles. The molecule has 1 heterocycles. The number of quaternary nitrogens is 1. The molecule has 1 aromatic carbocycles. The lowest BCUT2D eigenvalue weighted by Gasteiger charge is -2.28. The maximum absolute atomic E-state index is 12.5. The standard InChI is InChI=1S/C29H40N2O6/c1-19-11-10-12-22-15-23(17-24(32)16-22)31-27(33)18-25(36-4)13-8-6-5-7-9-14-26(20(2)28(19)34)37-29(35)21(3)30/h5-9,11,13,15-17,20-21,25-26,28,32,34H,10,12,14,18,30H2,1-4H3,(H,31,33)/p+1/b6-5+,9-7+,13-8+,19-11-/t20-,21+,25-,26-,28-/m0/s1. The molecule has 1 amide bonds. The monoisotopic (exact) mass is 513 g/mol. The van der Waals surface area contributed by atoms with Crippen LogP contribution in [-0.2, 0) is 25.5 Å². The van der Waals surface area contributed by atoms with Gasteiger partial charge in [0.2, 0.25) is 5.91 Å². The number of nitrogens with one attached hydrogen (secondary N) is 1. The Morgan fingerprint density at radius 1 is 1.19 bits per heavy atom. The zero-order chi connectivity index (χ0) is 27.4. The minimum absolute atomic E-state index is 0.0608. The third kappa shape index (κ3) is 10.4. The first-order chi connectivity index (χ1) is 17.6. The maximum Gasteiger partial charge on any atom is 0.364 e. The van der Waals surface area contributed by atoms with Gasteiger partial charge in [-0.2, -0.15) is 0 Å². The number of aliphatic hydroxyl groups excluding tert-OH is 1. The normalized spacial score (nSPS) is 28.9. The minimum Gasteiger partial charge on any atom is -0.508 e. The Morgan fingerprint density at radius 2 is 1.92 bits per heavy atom. The molecule has 37 heavy (non-hydrogen) atoms. The van der Waals surface area contributed by atoms with Gasteiger partial charge in [-0.05, 0) is 50.0 Å². The second-order valence-electron chi connectivity index (χ2n) is 9.52. The van der Waals surface area contributed by atoms with E-state index >= 15 is 0 Å². The van der Waals surface area contributed by atoms with Gasteiger partial charge >= 0.3 is 5.97 Å². The summed E-state index contributed by atoms with van der Waals surface area (Å²) in [4.78, 5) is 24.8. The van der Waals surface area contributed by atoms with E-state index in [0.717, 1.165) is 11.1 Å². The zero-order valence-corrected chi connectivity index (χ0v) is 22.2. The van der Waals surface area contributed by atoms with Gasteiger partial charge in [-0.1, -0.05) is 49.5 Å². The van der Waals surface area contributed by atoms with Gasteiger partial charge < -0.3 is 30.7 Å². The highest BCUT2D eigenvalue weighted by atomic mass is 16.5. The lowest BCUT2D eigenvalue weighted by Crippen LogP contribution is -2.64. The molecule has 0 fully saturated rings. The first kappa shape index (κ1) is 30.0. The van der Waals surface area contributed by atoms with Crippen molar-refractivity contribution in [3.8, 4) is 5.75 Å². The van der Waals surface area contributed by atoms with Crippen LogP contribution in [0.4, 0.5) is 5.69 Å². The Hall–Kier alpha value is -3.20. The molecule has 0 radical (unpaired) electrons. The number of phenols is 1. The van der Waals surface area contributed by atoms with Gasteiger partial charge in [0.25, 0.3) is 0 Å². The van der Waals surface area contributed by atoms with Crippen molar-refractivity contribution in [2.45, 2.75) is 70.8 Å². The topological polar surface area (TPSA) is 133 Å². The highest BCUT2D eigenvalue weighted by Crippen LogP contribution is 2.24. The molecular formula is C29H41N2O6+. The minimum atomic E-state index is -0.802. The number of esters is 1. The van der Waals surface area contributed by atoms with E-state index in [0.29, 0.717) is 24.9 Å². The number of hydrogen-bond acceptors (Lipinski definition) is 6. The number of fused-ring (bicyclic) bond motifs is 2. The smallest absolute Gasteiger partial charge is 0.364 e. The van der Waals surface area contributed by atoms with Crippen LogP contribution in [0.5, 0.6) is 5.75 Å². The number of allylic oxidation sites excluding steroid dienone is 5. The number of aliphatic hydroxyl groups is 1. The molecular weight excluding hydrogens is 472 g/mol. The van der Waals surface area contributed by atoms with Gasteiger partial charge in [0.1, 0.15) is 11.9 Å². The van der Waals surface area contributed by atoms with E-state index in [-0.39, 0.29) is 24.0 Å². The molecule has 202 valence electrons. The molecule has 0 aromatic heterocycles. The van der Waals surface area contributed by atoms with E-state index in [4.69, 9.17) is 9.47 Å². The Balaban J connectivity index is 2.33. The van der Waals surface area contributed by atoms with Crippen LogP contribution in [0.1, 0.15) is 45.6 Å². The largest absolute Gasteiger partial charge is 0.508 e. The fourth-order valence-electron chi connectivity index (χ4n) is 3.96. The van der Waals surface area contributed by atoms with Crippen molar-refractivity contribution >= 4 is 17.6 Å². The van der Waals surface area contributed by atoms with Crippen LogP contribution in [-0.4, -0.2) is 53.6 Å². The second kappa shape index (κ2) is 15.1. The first-order valence-corrected chi connectivity index (χ1v) is 12.6. The lowest BCUT2D eigenvalue weighted by atomic mass is 9.90. The molecule has 1 aliphatic heterocycles. The number of carbonyl (C=O) groups is 2. The second-order valence-corrected chi connectivity index (χ2v) is 9.52. The number of aryl methyl sites for hydroxylation is 1. The molecule has 1 aliphatic rings. The fraction of sp³-hybridized carbons (Fsp3) is 0.448. The molecule has 2 rings (SSSR count). The molecule has 0 saturated heterocycles. The van der Waals surface area contributed by atoms with E-state index in [2.05, 4.69) is 11.1 Å². The third-order valence-electron chi connectivity index (χ3n) is 6.23. The maximum atomic E-state index is 12.5. The molecule has 0 spiro atoms. The Bertz CT molecular complexity index is 1030. The number of amides is 1. The van der Waals surface area contributed by atoms with Gasteiger partial charge in [-0.15, -0.1) is 0 Å². The lowest BCUT2D eigenvalue weighted by molar-refractivity contribution is -0.403. The fourth-order valence-corrected chi connectivity index (χ4v) is 3.96. The van der Waals surface area contributed by atoms with E-state index in [1.54, 1.807) is 32.3 Å². The number of aromatic hydroxyl groups is 1. The number of methoxy groups -OCH3 is 1. The summed E-state index contributed by atoms with van der Waals surface area (Å²) in [6.07, 6.45) is 12.9. The van der Waals surface area contributed by atoms with Crippen molar-refractivity contribution in [1.29, 1.82) is 0 Å². The van der Waals surface area contributed by atoms with Crippen molar-refractivity contribution in [3.63, 3.8) is 0 Å². The SMILES string of the molecule is CO[C@H]1/C=C/C=C/C=C/C[C@H](OC(=O)[C@@H](C)[NH3+])[C@H](C)[C@@H](O)/C(C)=C\CCc2cc(O)cc(c2)NC(=O)C1. The van der Waals surface area contributed by atoms with E-state index in [9.17, 15) is 19.8 Å². The predicted octanol–water partition coefficient (Wildman–Crippen LogP) is 3.23. The molecule has 8 nitrogen and oxygen atoms in total. The highest BCUT2D eigenvalue weighted by Gasteiger charge is 2.29. The number of carbonyl (C=O) groups excluding carboxylic acids is 2. The average molecular weight is 514 g/mol. The molecule has 8 heteroatoms. The highest BCUT2D eigenvalue weighted by molar-refractivity contribution is 5.91. The molecule has 0 aliphatic carbocycles. The summed E-state index contributed by atoms with van der Waals surface area (Å²) >= 11 is 0. The third-order valence-corrected chi connectivity index (χ3v) is 6.23. The Labute approximate surface area is 219 Å². The van der Waals surface area contributed by atoms with Gasteiger partial charge in [0.05, 0.1) is 18.6 Å². The summed E-state index contributed by atoms with van der Waals surface area (Å²) in [5.41, 5.74) is 5.87. The summed E-state index contributed by atoms with van der Waals surface area (Å²) in [7, 11) is 1.54. The van der Waals surface area contributed by atoms with Crippen molar-refractivity contribution in [3.05, 3.63) is 71.9 Å². The Kier molecular flexibility index (Phi) is 12.3. The van der Waals surface area contributed by atoms with Crippen LogP contribution in [0, 0.1) is 5.92 Å². The number of ether oxygens (including phenoxy) is 2. The van der Waals surface area contributed by atoms with Crippen LogP contribution in [0.2, 0.25) is 0 Å². The summed E-state index contributed by atoms with van der Waals surface area (Å²) < 4.78 is 11.1. The molecule has 1 aromatic rings. The van der Waals surface area contributed by atoms with Crippen LogP contribution in [0.15, 0.2) is 66.3 Å². The molecule has 0 unspecified atom stereocenters. The van der Waals surface area contributed by atoms with Crippen LogP contribution >= 0.6 is 0 Å². The van der Waals surface area contributed by atoms with Gasteiger partial charge in [0, 0.05) is 31.2 Å². The summed E-state index contributed by atoms with van der Waals surface area (Å²) in [6.45, 7) is 5.40. The summed E-state index contributed by atoms with van der Waals surface area (Å²) in [5.74, 6) is -0.915. The van der Waals surface area contributed by atoms with Crippen molar-refractivity contribution < 1.29 is 35.0 Å². The van der Waals surface area contributed by atoms with E-state index in [1.807, 2.05) is 50.3 Å². The average Bonchev–Trinajstić information content (AvgIpc) is 2.84. The van der Waals surface area contributed by atoms with Crippen LogP contribution < -0.4 is 11.1 Å². The number of anilines is 1. The molecule has 6 N–H and O–H groups in total. The predicted molar refractivity (Wildman–Crippen MR) is 144 cm³/mol. The molecule has 5 atom stereocenters. The van der Waals surface area contributed by atoms with E-state index < -0.39 is 30.3 Å². The Morgan fingerprint density at radius 3 is 2.62 bits per heavy atom. The number of hydrogen-bond donors (Lipinski definition) is 4. The first-order valence-electron chi connectivity index (χ1n) is 12.6. The number of rotatable bonds is 3. The zero-order valence-electron chi connectivity index (χ0n) is 22.2. The van der Waals surface area contributed by atoms with Crippen molar-refractivity contribution in [2.75, 3.05) is 12.4 Å². The number of phenolic OH excluding ortho intramolecular Hbond substituents is 1. The van der Waals surface area contributed by atoms with Gasteiger partial charge in [-0.3, -0.25) is 4.79 Å². The van der Waals surface area contributed by atoms with E-state index in [1.165, 1.54) is 6.07 Å². The van der Waals surface area contributed by atoms with Crippen LogP contribution in [0.25, 0.3) is 0 Å². The van der Waals surface area contributed by atoms with Crippen LogP contribution in [0.3, 0.4) is 0 Å². The quantitative estimate of drug-likeness (QED) is 0.362. The summed E-state index contributed by atoms with van der Waals surface area (Å²) in [6, 6.07) is 4.47. The van der Waals surface area contributed by atoms with Crippen molar-refractivity contribution in [1.82, 2.24) is 0 Å². The van der Waals surface area contributed by atoms with Gasteiger partial charge in [0.15, 0.2) is 6.04 Å². The summed E-state index contributed by atoms with van der Waals surface area (Å²) in [5, 5.41) is 24.0. The number of benzene rings is 1. The van der Waals surface area contributed by atoms with Crippen molar-refractivity contribution in [2.24, 2.45) is 5.92 Å². The van der Waals surface area contributed by atoms with Gasteiger partial charge in [-0.25, -0.2) is 4.79 Å².